The highest BCUT2D eigenvalue weighted by atomic mass is 16.2. The summed E-state index contributed by atoms with van der Waals surface area (Å²) in [5.74, 6) is 2.86. The van der Waals surface area contributed by atoms with Crippen LogP contribution in [0.25, 0.3) is 0 Å². The number of carbonyl (C=O) groups is 1. The van der Waals surface area contributed by atoms with Crippen LogP contribution in [0.1, 0.15) is 30.9 Å². The number of aromatic nitrogens is 3. The Hall–Kier alpha value is -1.69. The molecule has 1 fully saturated rings. The van der Waals surface area contributed by atoms with Crippen LogP contribution in [0.15, 0.2) is 12.2 Å². The van der Waals surface area contributed by atoms with Crippen LogP contribution < -0.4 is 0 Å². The van der Waals surface area contributed by atoms with Gasteiger partial charge in [-0.1, -0.05) is 12.2 Å². The minimum absolute atomic E-state index is 0.323. The van der Waals surface area contributed by atoms with E-state index in [0.717, 1.165) is 57.2 Å². The van der Waals surface area contributed by atoms with E-state index in [0.29, 0.717) is 24.3 Å². The van der Waals surface area contributed by atoms with Crippen molar-refractivity contribution in [2.75, 3.05) is 19.6 Å². The Balaban J connectivity index is 1.28. The van der Waals surface area contributed by atoms with Crippen molar-refractivity contribution in [3.8, 4) is 0 Å². The van der Waals surface area contributed by atoms with Gasteiger partial charge in [0.1, 0.15) is 11.6 Å². The van der Waals surface area contributed by atoms with Gasteiger partial charge in [0, 0.05) is 38.6 Å². The molecule has 1 aliphatic carbocycles. The molecule has 0 aromatic carbocycles. The number of nitrogens with zero attached hydrogens (tertiary/aromatic N) is 5. The van der Waals surface area contributed by atoms with Crippen LogP contribution >= 0.6 is 0 Å². The Morgan fingerprint density at radius 3 is 2.95 bits per heavy atom. The number of likely N-dealkylation sites (tertiary alicyclic amines) is 1. The van der Waals surface area contributed by atoms with E-state index in [4.69, 9.17) is 0 Å². The topological polar surface area (TPSA) is 54.3 Å². The van der Waals surface area contributed by atoms with E-state index in [9.17, 15) is 4.79 Å². The number of aryl methyl sites for hydroxylation is 1. The van der Waals surface area contributed by atoms with Crippen LogP contribution in [0.5, 0.6) is 0 Å². The zero-order chi connectivity index (χ0) is 15.1. The van der Waals surface area contributed by atoms with Crippen LogP contribution in [0.2, 0.25) is 0 Å². The predicted molar refractivity (Wildman–Crippen MR) is 82.0 cm³/mol. The lowest BCUT2D eigenvalue weighted by molar-refractivity contribution is -0.139. The van der Waals surface area contributed by atoms with Gasteiger partial charge in [0.05, 0.1) is 6.54 Å². The Bertz CT molecular complexity index is 602. The number of amides is 1. The van der Waals surface area contributed by atoms with Gasteiger partial charge in [0.25, 0.3) is 0 Å². The molecule has 0 N–H and O–H groups in total. The summed E-state index contributed by atoms with van der Waals surface area (Å²) < 4.78 is 2.20. The van der Waals surface area contributed by atoms with Crippen molar-refractivity contribution in [3.05, 3.63) is 23.8 Å². The maximum atomic E-state index is 12.3. The summed E-state index contributed by atoms with van der Waals surface area (Å²) in [5.41, 5.74) is 0. The quantitative estimate of drug-likeness (QED) is 0.781. The van der Waals surface area contributed by atoms with E-state index < -0.39 is 0 Å². The van der Waals surface area contributed by atoms with Gasteiger partial charge in [-0.2, -0.15) is 0 Å². The van der Waals surface area contributed by atoms with Crippen molar-refractivity contribution in [1.82, 2.24) is 24.6 Å². The summed E-state index contributed by atoms with van der Waals surface area (Å²) >= 11 is 0. The third-order valence-corrected chi connectivity index (χ3v) is 5.25. The molecule has 4 rings (SSSR count). The number of hydrogen-bond donors (Lipinski definition) is 0. The van der Waals surface area contributed by atoms with Crippen LogP contribution in [0.3, 0.4) is 0 Å². The van der Waals surface area contributed by atoms with E-state index >= 15 is 0 Å². The lowest BCUT2D eigenvalue weighted by atomic mass is 10.0. The standard InChI is InChI=1S/C16H23N5O/c1-12-17-18-15-11-19(6-7-21(12)15)14-9-20(10-14)16(22)8-13-4-2-3-5-13/h2,4,13-14H,3,5-11H2,1H3. The molecule has 6 heteroatoms. The van der Waals surface area contributed by atoms with Crippen molar-refractivity contribution in [2.45, 2.75) is 45.3 Å². The van der Waals surface area contributed by atoms with Crippen LogP contribution in [-0.2, 0) is 17.9 Å². The summed E-state index contributed by atoms with van der Waals surface area (Å²) in [7, 11) is 0. The second kappa shape index (κ2) is 5.50. The highest BCUT2D eigenvalue weighted by molar-refractivity contribution is 5.77. The van der Waals surface area contributed by atoms with E-state index in [1.807, 2.05) is 11.8 Å². The van der Waals surface area contributed by atoms with Crippen molar-refractivity contribution in [1.29, 1.82) is 0 Å². The molecule has 0 radical (unpaired) electrons. The maximum absolute atomic E-state index is 12.3. The molecule has 2 aliphatic heterocycles. The van der Waals surface area contributed by atoms with Crippen LogP contribution in [0.4, 0.5) is 0 Å². The fourth-order valence-electron chi connectivity index (χ4n) is 3.74. The molecule has 118 valence electrons. The summed E-state index contributed by atoms with van der Waals surface area (Å²) in [6.07, 6.45) is 7.37. The third-order valence-electron chi connectivity index (χ3n) is 5.25. The molecule has 3 heterocycles. The zero-order valence-electron chi connectivity index (χ0n) is 13.1. The SMILES string of the molecule is Cc1nnc2n1CCN(C1CN(C(=O)CC3C=CCC3)C1)C2. The van der Waals surface area contributed by atoms with Gasteiger partial charge in [0.2, 0.25) is 5.91 Å². The Kier molecular flexibility index (Phi) is 3.48. The molecule has 22 heavy (non-hydrogen) atoms. The van der Waals surface area contributed by atoms with Gasteiger partial charge >= 0.3 is 0 Å². The average molecular weight is 301 g/mol. The van der Waals surface area contributed by atoms with Gasteiger partial charge in [-0.15, -0.1) is 10.2 Å². The first kappa shape index (κ1) is 13.9. The number of carbonyl (C=O) groups excluding carboxylic acids is 1. The van der Waals surface area contributed by atoms with Crippen LogP contribution in [-0.4, -0.2) is 56.1 Å². The van der Waals surface area contributed by atoms with Crippen LogP contribution in [0, 0.1) is 12.8 Å². The first-order valence-electron chi connectivity index (χ1n) is 8.28. The molecule has 1 amide bonds. The molecule has 6 nitrogen and oxygen atoms in total. The summed E-state index contributed by atoms with van der Waals surface area (Å²) in [6.45, 7) is 6.62. The smallest absolute Gasteiger partial charge is 0.223 e. The minimum atomic E-state index is 0.323. The molecule has 0 bridgehead atoms. The molecular formula is C16H23N5O. The second-order valence-corrected chi connectivity index (χ2v) is 6.71. The van der Waals surface area contributed by atoms with Gasteiger partial charge in [0.15, 0.2) is 0 Å². The lowest BCUT2D eigenvalue weighted by Crippen LogP contribution is -2.62. The van der Waals surface area contributed by atoms with Gasteiger partial charge in [-0.25, -0.2) is 0 Å². The maximum Gasteiger partial charge on any atom is 0.223 e. The van der Waals surface area contributed by atoms with E-state index in [-0.39, 0.29) is 0 Å². The third kappa shape index (κ3) is 2.45. The molecule has 0 spiro atoms. The molecule has 1 unspecified atom stereocenters. The summed E-state index contributed by atoms with van der Waals surface area (Å²) in [5, 5.41) is 8.40. The first-order chi connectivity index (χ1) is 10.7. The Labute approximate surface area is 130 Å². The number of rotatable bonds is 3. The number of fused-ring (bicyclic) bond motifs is 1. The molecule has 1 aromatic rings. The van der Waals surface area contributed by atoms with E-state index in [2.05, 4.69) is 31.8 Å². The van der Waals surface area contributed by atoms with Crippen molar-refractivity contribution >= 4 is 5.91 Å². The molecule has 1 saturated heterocycles. The van der Waals surface area contributed by atoms with Crippen molar-refractivity contribution in [3.63, 3.8) is 0 Å². The van der Waals surface area contributed by atoms with Crippen molar-refractivity contribution in [2.24, 2.45) is 5.92 Å². The fraction of sp³-hybridized carbons (Fsp3) is 0.688. The van der Waals surface area contributed by atoms with E-state index in [1.165, 1.54) is 0 Å². The molecule has 1 atom stereocenters. The molecular weight excluding hydrogens is 278 g/mol. The van der Waals surface area contributed by atoms with Gasteiger partial charge in [-0.3, -0.25) is 9.69 Å². The lowest BCUT2D eigenvalue weighted by Gasteiger charge is -2.46. The summed E-state index contributed by atoms with van der Waals surface area (Å²) in [4.78, 5) is 16.7. The Morgan fingerprint density at radius 2 is 2.18 bits per heavy atom. The second-order valence-electron chi connectivity index (χ2n) is 6.71. The number of allylic oxidation sites excluding steroid dienone is 2. The monoisotopic (exact) mass is 301 g/mol. The normalized spacial score (nSPS) is 25.3. The zero-order valence-corrected chi connectivity index (χ0v) is 13.1. The highest BCUT2D eigenvalue weighted by Crippen LogP contribution is 2.25. The highest BCUT2D eigenvalue weighted by Gasteiger charge is 2.37. The fourth-order valence-corrected chi connectivity index (χ4v) is 3.74. The van der Waals surface area contributed by atoms with Crippen molar-refractivity contribution < 1.29 is 4.79 Å². The van der Waals surface area contributed by atoms with Gasteiger partial charge in [-0.05, 0) is 25.7 Å². The van der Waals surface area contributed by atoms with Gasteiger partial charge < -0.3 is 9.47 Å². The molecule has 0 saturated carbocycles. The first-order valence-corrected chi connectivity index (χ1v) is 8.28. The largest absolute Gasteiger partial charge is 0.339 e. The average Bonchev–Trinajstić information content (AvgIpc) is 3.08. The molecule has 3 aliphatic rings. The van der Waals surface area contributed by atoms with E-state index in [1.54, 1.807) is 0 Å². The Morgan fingerprint density at radius 1 is 1.32 bits per heavy atom. The minimum Gasteiger partial charge on any atom is -0.339 e. The molecule has 1 aromatic heterocycles. The predicted octanol–water partition coefficient (Wildman–Crippen LogP) is 0.969. The summed E-state index contributed by atoms with van der Waals surface area (Å²) in [6, 6.07) is 0.494. The number of hydrogen-bond acceptors (Lipinski definition) is 4.